The summed E-state index contributed by atoms with van der Waals surface area (Å²) in [7, 11) is 1.87. The zero-order chi connectivity index (χ0) is 10.3. The van der Waals surface area contributed by atoms with E-state index < -0.39 is 11.1 Å². The van der Waals surface area contributed by atoms with Gasteiger partial charge in [-0.3, -0.25) is 4.21 Å². The van der Waals surface area contributed by atoms with Gasteiger partial charge in [-0.2, -0.15) is 0 Å². The van der Waals surface area contributed by atoms with Crippen molar-refractivity contribution in [2.45, 2.75) is 11.8 Å². The molecule has 1 unspecified atom stereocenters. The first kappa shape index (κ1) is 12.9. The maximum absolute atomic E-state index is 11.0. The molecule has 0 aliphatic rings. The van der Waals surface area contributed by atoms with Crippen molar-refractivity contribution in [3.05, 3.63) is 30.0 Å². The minimum absolute atomic E-state index is 0. The van der Waals surface area contributed by atoms with Crippen LogP contribution in [0, 0.1) is 6.92 Å². The van der Waals surface area contributed by atoms with Gasteiger partial charge < -0.3 is 9.12 Å². The summed E-state index contributed by atoms with van der Waals surface area (Å²) in [5.41, 5.74) is 1.73. The van der Waals surface area contributed by atoms with Crippen molar-refractivity contribution in [2.75, 3.05) is 0 Å². The summed E-state index contributed by atoms with van der Waals surface area (Å²) in [5, 5.41) is 0.792. The van der Waals surface area contributed by atoms with Gasteiger partial charge >= 0.3 is 29.6 Å². The van der Waals surface area contributed by atoms with Crippen molar-refractivity contribution in [1.82, 2.24) is 4.57 Å². The van der Waals surface area contributed by atoms with Gasteiger partial charge in [0.1, 0.15) is 0 Å². The van der Waals surface area contributed by atoms with Gasteiger partial charge in [0.15, 0.2) is 0 Å². The van der Waals surface area contributed by atoms with Gasteiger partial charge in [-0.05, 0) is 24.1 Å². The Labute approximate surface area is 113 Å². The topological polar surface area (TPSA) is 45.1 Å². The van der Waals surface area contributed by atoms with Crippen molar-refractivity contribution >= 4 is 22.0 Å². The summed E-state index contributed by atoms with van der Waals surface area (Å²) < 4.78 is 24.0. The van der Waals surface area contributed by atoms with E-state index in [0.717, 1.165) is 16.6 Å². The van der Waals surface area contributed by atoms with Crippen LogP contribution in [0.2, 0.25) is 0 Å². The van der Waals surface area contributed by atoms with Crippen LogP contribution >= 0.6 is 0 Å². The van der Waals surface area contributed by atoms with Gasteiger partial charge in [0.05, 0.1) is 4.90 Å². The zero-order valence-corrected chi connectivity index (χ0v) is 11.8. The molecule has 0 N–H and O–H groups in total. The Hall–Kier alpha value is -0.130. The molecule has 74 valence electrons. The maximum atomic E-state index is 11.0. The first-order chi connectivity index (χ1) is 6.63. The molecule has 1 atom stereocenters. The molecular weight excluding hydrogens is 221 g/mol. The molecule has 0 aliphatic heterocycles. The maximum Gasteiger partial charge on any atom is 1.00 e. The van der Waals surface area contributed by atoms with Gasteiger partial charge in [0, 0.05) is 23.6 Å². The van der Waals surface area contributed by atoms with Crippen LogP contribution in [0.1, 0.15) is 5.69 Å². The number of benzene rings is 1. The molecule has 1 aromatic carbocycles. The Kier molecular flexibility index (Phi) is 4.14. The van der Waals surface area contributed by atoms with E-state index in [1.165, 1.54) is 0 Å². The van der Waals surface area contributed by atoms with Crippen molar-refractivity contribution < 1.29 is 38.3 Å². The zero-order valence-electron chi connectivity index (χ0n) is 8.98. The fourth-order valence-corrected chi connectivity index (χ4v) is 2.43. The number of hydrogen-bond acceptors (Lipinski definition) is 2. The number of aromatic nitrogens is 1. The van der Waals surface area contributed by atoms with Crippen LogP contribution in [0.25, 0.3) is 10.9 Å². The van der Waals surface area contributed by atoms with Crippen molar-refractivity contribution in [3.63, 3.8) is 0 Å². The first-order valence-corrected chi connectivity index (χ1v) is 5.33. The van der Waals surface area contributed by atoms with Crippen LogP contribution in [0.15, 0.2) is 29.2 Å². The molecule has 0 saturated heterocycles. The monoisotopic (exact) mass is 231 g/mol. The van der Waals surface area contributed by atoms with Crippen LogP contribution in [-0.2, 0) is 18.1 Å². The fourth-order valence-electron chi connectivity index (χ4n) is 1.70. The summed E-state index contributed by atoms with van der Waals surface area (Å²) in [4.78, 5) is 0.406. The Bertz CT molecular complexity index is 521. The predicted molar refractivity (Wildman–Crippen MR) is 54.8 cm³/mol. The molecule has 0 radical (unpaired) electrons. The van der Waals surface area contributed by atoms with Gasteiger partial charge in [-0.15, -0.1) is 0 Å². The molecule has 0 amide bonds. The van der Waals surface area contributed by atoms with Gasteiger partial charge in [-0.1, -0.05) is 18.2 Å². The molecule has 0 bridgehead atoms. The molecule has 15 heavy (non-hydrogen) atoms. The molecule has 2 rings (SSSR count). The Morgan fingerprint density at radius 3 is 2.53 bits per heavy atom. The van der Waals surface area contributed by atoms with Gasteiger partial charge in [-0.25, -0.2) is 0 Å². The molecule has 5 heteroatoms. The van der Waals surface area contributed by atoms with E-state index in [9.17, 15) is 8.76 Å². The normalized spacial score (nSPS) is 12.5. The number of aryl methyl sites for hydroxylation is 1. The quantitative estimate of drug-likeness (QED) is 0.454. The van der Waals surface area contributed by atoms with Crippen LogP contribution in [0.3, 0.4) is 0 Å². The standard InChI is InChI=1S/C10H11NO2S.Na/c1-7-10(14(12)13)8-5-3-4-6-9(8)11(7)2;/h3-6H,1-2H3,(H,12,13);/q;+1/p-1. The van der Waals surface area contributed by atoms with Crippen LogP contribution in [-0.4, -0.2) is 13.3 Å². The second-order valence-electron chi connectivity index (χ2n) is 3.23. The molecule has 0 spiro atoms. The van der Waals surface area contributed by atoms with Gasteiger partial charge in [0.25, 0.3) is 0 Å². The van der Waals surface area contributed by atoms with Crippen LogP contribution in [0.4, 0.5) is 0 Å². The van der Waals surface area contributed by atoms with E-state index >= 15 is 0 Å². The van der Waals surface area contributed by atoms with Crippen molar-refractivity contribution in [3.8, 4) is 0 Å². The van der Waals surface area contributed by atoms with E-state index in [2.05, 4.69) is 0 Å². The average molecular weight is 231 g/mol. The number of hydrogen-bond donors (Lipinski definition) is 0. The minimum Gasteiger partial charge on any atom is -0.768 e. The second kappa shape index (κ2) is 4.80. The van der Waals surface area contributed by atoms with Crippen molar-refractivity contribution in [2.24, 2.45) is 7.05 Å². The fraction of sp³-hybridized carbons (Fsp3) is 0.200. The Morgan fingerprint density at radius 2 is 1.93 bits per heavy atom. The summed E-state index contributed by atoms with van der Waals surface area (Å²) in [6.45, 7) is 1.81. The summed E-state index contributed by atoms with van der Waals surface area (Å²) in [6, 6.07) is 7.49. The Morgan fingerprint density at radius 1 is 1.33 bits per heavy atom. The molecule has 1 aromatic heterocycles. The predicted octanol–water partition coefficient (Wildman–Crippen LogP) is -1.27. The second-order valence-corrected chi connectivity index (χ2v) is 4.10. The molecule has 3 nitrogen and oxygen atoms in total. The molecule has 0 fully saturated rings. The number of para-hydroxylation sites is 1. The molecule has 0 saturated carbocycles. The molecule has 1 heterocycles. The number of rotatable bonds is 1. The summed E-state index contributed by atoms with van der Waals surface area (Å²) >= 11 is -2.17. The molecular formula is C10H10NNaO2S. The third kappa shape index (κ3) is 2.05. The Balaban J connectivity index is 0.00000112. The molecule has 0 aliphatic carbocycles. The molecule has 2 aromatic rings. The minimum atomic E-state index is -2.17. The third-order valence-corrected chi connectivity index (χ3v) is 3.36. The largest absolute Gasteiger partial charge is 1.00 e. The van der Waals surface area contributed by atoms with E-state index in [4.69, 9.17) is 0 Å². The van der Waals surface area contributed by atoms with Gasteiger partial charge in [0.2, 0.25) is 0 Å². The van der Waals surface area contributed by atoms with E-state index in [-0.39, 0.29) is 29.6 Å². The van der Waals surface area contributed by atoms with Crippen LogP contribution in [0.5, 0.6) is 0 Å². The average Bonchev–Trinajstić information content (AvgIpc) is 2.41. The van der Waals surface area contributed by atoms with E-state index in [1.807, 2.05) is 42.8 Å². The van der Waals surface area contributed by atoms with Crippen LogP contribution < -0.4 is 29.6 Å². The number of nitrogens with zero attached hydrogens (tertiary/aromatic N) is 1. The first-order valence-electron chi connectivity index (χ1n) is 4.26. The SMILES string of the molecule is Cc1c(S(=O)[O-])c2ccccc2n1C.[Na+]. The summed E-state index contributed by atoms with van der Waals surface area (Å²) in [6.07, 6.45) is 0. The van der Waals surface area contributed by atoms with E-state index in [0.29, 0.717) is 4.90 Å². The smallest absolute Gasteiger partial charge is 0.768 e. The summed E-state index contributed by atoms with van der Waals surface area (Å²) in [5.74, 6) is 0. The third-order valence-electron chi connectivity index (χ3n) is 2.51. The number of fused-ring (bicyclic) bond motifs is 1. The van der Waals surface area contributed by atoms with E-state index in [1.54, 1.807) is 0 Å². The van der Waals surface area contributed by atoms with Crippen molar-refractivity contribution in [1.29, 1.82) is 0 Å².